The minimum absolute atomic E-state index is 0.0497. The van der Waals surface area contributed by atoms with E-state index in [4.69, 9.17) is 46.4 Å². The van der Waals surface area contributed by atoms with E-state index in [-0.39, 0.29) is 76.0 Å². The summed E-state index contributed by atoms with van der Waals surface area (Å²) in [6.45, 7) is 50.2. The van der Waals surface area contributed by atoms with Gasteiger partial charge >= 0.3 is 23.9 Å². The normalized spacial score (nSPS) is 15.7. The van der Waals surface area contributed by atoms with Crippen LogP contribution in [-0.2, 0) is 18.3 Å². The summed E-state index contributed by atoms with van der Waals surface area (Å²) in [4.78, 5) is 51.0. The number of anilines is 4. The van der Waals surface area contributed by atoms with E-state index in [2.05, 4.69) is 54.3 Å². The van der Waals surface area contributed by atoms with Crippen molar-refractivity contribution < 1.29 is 57.9 Å². The van der Waals surface area contributed by atoms with Crippen LogP contribution in [0.5, 0.6) is 0 Å². The van der Waals surface area contributed by atoms with E-state index in [9.17, 15) is 57.9 Å². The lowest BCUT2D eigenvalue weighted by Gasteiger charge is -2.41. The van der Waals surface area contributed by atoms with Gasteiger partial charge in [0, 0.05) is 109 Å². The second-order valence-electron chi connectivity index (χ2n) is 33.8. The number of carboxylic acid groups (broad SMARTS) is 4. The number of hydrogen-bond acceptors (Lipinski definition) is 12. The predicted molar refractivity (Wildman–Crippen MR) is 489 cm³/mol. The standard InChI is InChI=1S/C22H27ClNO3PS.C22H34NO3PS.C21H24Cl2NO3PS.C21H25ClNO3PS/c1-14(2)24(28(7,27)19-9-8-16(23)12-15(19)3)18-13-17(10-11-22(4,5)6)29-20(18)21(25)26;1-15(2)23(27(7,26)17-10-8-16(3)9-11-17)19-14-18(12-13-22(4,5)6)28-20(19)21(24)25;1-13(2)24(28(6,27)18-8-7-14(22)11-16(18)23)17-12-15(9-10-21(3,4)5)29-19(17)20(25)26;1-14(2)23(27(6,26)16-9-7-15(22)8-10-16)18-13-17(11-12-21(3,4)5)28-19(18)20(24)25/h8-9,12-14H,1-7H3,(H,25,26);14-17H,8-11H2,1-7H3,(H,24,25);7-8,11-13H,1-6H3,(H,25,26);7-10,13-14H,1-6H3,(H,24,25). The number of hydrogen-bond donors (Lipinski definition) is 4. The minimum atomic E-state index is -3.26. The Morgan fingerprint density at radius 3 is 0.956 bits per heavy atom. The first-order valence-electron chi connectivity index (χ1n) is 37.2. The lowest BCUT2D eigenvalue weighted by atomic mass is 9.91. The number of carbonyl (C=O) groups is 4. The fourth-order valence-electron chi connectivity index (χ4n) is 12.7. The van der Waals surface area contributed by atoms with Gasteiger partial charge in [-0.05, 0) is 267 Å². The van der Waals surface area contributed by atoms with Gasteiger partial charge in [0.15, 0.2) is 29.2 Å². The molecule has 1 aliphatic carbocycles. The van der Waals surface area contributed by atoms with Gasteiger partial charge in [-0.15, -0.1) is 45.3 Å². The molecule has 0 saturated heterocycles. The Hall–Kier alpha value is -6.14. The summed E-state index contributed by atoms with van der Waals surface area (Å²) < 4.78 is 62.8. The molecule has 4 heterocycles. The summed E-state index contributed by atoms with van der Waals surface area (Å²) in [5.41, 5.74) is 1.97. The third kappa shape index (κ3) is 26.9. The fraction of sp³-hybridized carbons (Fsp3) is 0.465. The van der Waals surface area contributed by atoms with Crippen molar-refractivity contribution in [2.24, 2.45) is 27.6 Å². The predicted octanol–water partition coefficient (Wildman–Crippen LogP) is 25.3. The number of nitrogens with zero attached hydrogens (tertiary/aromatic N) is 4. The van der Waals surface area contributed by atoms with Crippen LogP contribution >= 0.6 is 121 Å². The first kappa shape index (κ1) is 98.4. The summed E-state index contributed by atoms with van der Waals surface area (Å²) in [5.74, 6) is 21.4. The Kier molecular flexibility index (Phi) is 34.2. The summed E-state index contributed by atoms with van der Waals surface area (Å²) in [5, 5.41) is 42.7. The van der Waals surface area contributed by atoms with Crippen molar-refractivity contribution in [3.05, 3.63) is 150 Å². The van der Waals surface area contributed by atoms with Crippen LogP contribution in [0.4, 0.5) is 22.7 Å². The van der Waals surface area contributed by atoms with Gasteiger partial charge in [0.05, 0.1) is 47.3 Å². The second-order valence-corrected chi connectivity index (χ2v) is 50.8. The molecular weight excluding hydrogens is 1670 g/mol. The van der Waals surface area contributed by atoms with Crippen LogP contribution in [0.25, 0.3) is 0 Å². The zero-order valence-electron chi connectivity index (χ0n) is 70.2. The van der Waals surface area contributed by atoms with E-state index in [0.717, 1.165) is 65.3 Å². The first-order chi connectivity index (χ1) is 52.1. The molecule has 4 atom stereocenters. The van der Waals surface area contributed by atoms with Crippen molar-refractivity contribution in [1.82, 2.24) is 0 Å². The highest BCUT2D eigenvalue weighted by Gasteiger charge is 2.42. The molecule has 0 aliphatic heterocycles. The highest BCUT2D eigenvalue weighted by molar-refractivity contribution is 7.73. The Balaban J connectivity index is 0.000000271. The Morgan fingerprint density at radius 1 is 0.404 bits per heavy atom. The topological polar surface area (TPSA) is 230 Å². The molecule has 0 amide bonds. The van der Waals surface area contributed by atoms with Crippen LogP contribution < -0.4 is 34.6 Å². The van der Waals surface area contributed by atoms with Crippen molar-refractivity contribution in [2.45, 2.75) is 208 Å². The SMILES string of the molecule is CC(C)N(c1cc(C#CC(C)(C)C)sc1C(=O)O)P(C)(=O)c1ccc(Cl)cc1.CC(C)N(c1cc(C#CC(C)(C)C)sc1C(=O)O)P(C)(=O)c1ccc(Cl)cc1Cl.CC1CCC(P(C)(=O)N(c2cc(C#CC(C)(C)C)sc2C(=O)O)C(C)C)CC1.Cc1cc(Cl)ccc1P(C)(=O)N(c1cc(C#CC(C)(C)C)sc1C(=O)O)C(C)C. The highest BCUT2D eigenvalue weighted by Crippen LogP contribution is 2.61. The molecule has 8 rings (SSSR count). The Bertz CT molecular complexity index is 4980. The van der Waals surface area contributed by atoms with Crippen molar-refractivity contribution in [2.75, 3.05) is 45.3 Å². The maximum Gasteiger partial charge on any atom is 0.348 e. The van der Waals surface area contributed by atoms with Crippen LogP contribution in [0.2, 0.25) is 20.1 Å². The molecule has 16 nitrogen and oxygen atoms in total. The number of carboxylic acids is 4. The summed E-state index contributed by atoms with van der Waals surface area (Å²) in [6.07, 6.45) is 4.07. The molecule has 1 aliphatic rings. The van der Waals surface area contributed by atoms with Gasteiger partial charge < -0.3 is 43.7 Å². The Morgan fingerprint density at radius 2 is 0.675 bits per heavy atom. The fourth-order valence-corrected chi connectivity index (χ4v) is 28.3. The molecule has 0 bridgehead atoms. The first-order valence-corrected chi connectivity index (χ1v) is 50.5. The maximum absolute atomic E-state index is 14.0. The molecule has 4 aromatic heterocycles. The number of rotatable bonds is 20. The average molecular weight is 1790 g/mol. The molecule has 28 heteroatoms. The zero-order chi connectivity index (χ0) is 86.8. The molecule has 4 unspecified atom stereocenters. The summed E-state index contributed by atoms with van der Waals surface area (Å²) in [7, 11) is -12.2. The van der Waals surface area contributed by atoms with Gasteiger partial charge in [-0.2, -0.15) is 0 Å². The molecule has 3 aromatic carbocycles. The van der Waals surface area contributed by atoms with E-state index in [1.54, 1.807) is 113 Å². The number of thiophene rings is 4. The van der Waals surface area contributed by atoms with Crippen LogP contribution in [0, 0.1) is 81.9 Å². The third-order valence-electron chi connectivity index (χ3n) is 17.4. The number of aromatic carboxylic acids is 4. The molecule has 0 spiro atoms. The van der Waals surface area contributed by atoms with Gasteiger partial charge in [0.25, 0.3) is 0 Å². The smallest absolute Gasteiger partial charge is 0.348 e. The van der Waals surface area contributed by atoms with Gasteiger partial charge in [0.2, 0.25) is 0 Å². The van der Waals surface area contributed by atoms with E-state index in [1.165, 1.54) is 11.3 Å². The van der Waals surface area contributed by atoms with E-state index < -0.39 is 53.0 Å². The summed E-state index contributed by atoms with van der Waals surface area (Å²) >= 11 is 28.9. The molecular formula is C86H110Cl4N4O12P4S4. The number of benzene rings is 3. The van der Waals surface area contributed by atoms with Crippen LogP contribution in [0.15, 0.2) is 84.9 Å². The van der Waals surface area contributed by atoms with Crippen molar-refractivity contribution >= 4 is 183 Å². The molecule has 7 aromatic rings. The quantitative estimate of drug-likeness (QED) is 0.0411. The zero-order valence-corrected chi connectivity index (χ0v) is 80.0. The Labute approximate surface area is 713 Å². The van der Waals surface area contributed by atoms with Gasteiger partial charge in [0.1, 0.15) is 19.5 Å². The third-order valence-corrected chi connectivity index (χ3v) is 34.5. The van der Waals surface area contributed by atoms with Crippen molar-refractivity contribution in [3.8, 4) is 47.4 Å². The molecule has 4 N–H and O–H groups in total. The largest absolute Gasteiger partial charge is 0.477 e. The van der Waals surface area contributed by atoms with Gasteiger partial charge in [-0.25, -0.2) is 19.2 Å². The number of aryl methyl sites for hydroxylation is 1. The lowest BCUT2D eigenvalue weighted by molar-refractivity contribution is 0.0692. The molecule has 114 heavy (non-hydrogen) atoms. The molecule has 1 saturated carbocycles. The monoisotopic (exact) mass is 1780 g/mol. The minimum Gasteiger partial charge on any atom is -0.477 e. The van der Waals surface area contributed by atoms with E-state index in [0.29, 0.717) is 79.2 Å². The van der Waals surface area contributed by atoms with E-state index >= 15 is 0 Å². The average Bonchev–Trinajstić information content (AvgIpc) is 1.57. The highest BCUT2D eigenvalue weighted by atomic mass is 35.5. The molecule has 1 fully saturated rings. The van der Waals surface area contributed by atoms with Crippen LogP contribution in [0.3, 0.4) is 0 Å². The van der Waals surface area contributed by atoms with Gasteiger partial charge in [-0.1, -0.05) is 101 Å². The van der Waals surface area contributed by atoms with Gasteiger partial charge in [-0.3, -0.25) is 13.7 Å². The van der Waals surface area contributed by atoms with E-state index in [1.807, 2.05) is 163 Å². The lowest BCUT2D eigenvalue weighted by Crippen LogP contribution is -2.34. The number of halogens is 4. The van der Waals surface area contributed by atoms with Crippen LogP contribution in [0.1, 0.15) is 235 Å². The maximum atomic E-state index is 14.0. The van der Waals surface area contributed by atoms with Crippen molar-refractivity contribution in [3.63, 3.8) is 0 Å². The van der Waals surface area contributed by atoms with Crippen molar-refractivity contribution in [1.29, 1.82) is 0 Å². The second kappa shape index (κ2) is 39.6. The molecule has 0 radical (unpaired) electrons. The van der Waals surface area contributed by atoms with Crippen LogP contribution in [-0.4, -0.2) is 101 Å². The summed E-state index contributed by atoms with van der Waals surface area (Å²) in [6, 6.07) is 23.2. The molecule has 618 valence electrons.